The van der Waals surface area contributed by atoms with Crippen LogP contribution in [-0.4, -0.2) is 6.54 Å². The first-order chi connectivity index (χ1) is 17.9. The molecule has 37 heavy (non-hydrogen) atoms. The van der Waals surface area contributed by atoms with Crippen LogP contribution in [0, 0.1) is 11.8 Å². The van der Waals surface area contributed by atoms with Crippen molar-refractivity contribution in [2.75, 3.05) is 6.54 Å². The van der Waals surface area contributed by atoms with Crippen LogP contribution in [0.5, 0.6) is 0 Å². The molecule has 0 bridgehead atoms. The molecular formula is C33H39F3N+. The molecule has 0 spiro atoms. The summed E-state index contributed by atoms with van der Waals surface area (Å²) in [5.41, 5.74) is 4.87. The standard InChI is InChI=1S/C33H38F3N/c1-3-5-6-7-8-9-10-27-11-13-28(14-12-27)15-16-29-17-19-30(20-18-29)25-37(4-2)26-31-21-23-32(24-22-31)33(34,35)36/h11-14,17-24H,3-10,25-26H2,1-2H3/p+1. The Hall–Kier alpha value is -3.03. The normalized spacial score (nSPS) is 12.1. The van der Waals surface area contributed by atoms with E-state index < -0.39 is 11.7 Å². The maximum absolute atomic E-state index is 12.8. The lowest BCUT2D eigenvalue weighted by atomic mass is 10.0. The Morgan fingerprint density at radius 1 is 0.595 bits per heavy atom. The Balaban J connectivity index is 1.49. The van der Waals surface area contributed by atoms with E-state index in [0.717, 1.165) is 36.2 Å². The third-order valence-electron chi connectivity index (χ3n) is 6.77. The summed E-state index contributed by atoms with van der Waals surface area (Å²) in [6.07, 6.45) is 4.74. The van der Waals surface area contributed by atoms with Crippen molar-refractivity contribution in [2.45, 2.75) is 78.1 Å². The highest BCUT2D eigenvalue weighted by Gasteiger charge is 2.30. The molecule has 0 aromatic heterocycles. The van der Waals surface area contributed by atoms with Crippen LogP contribution in [0.25, 0.3) is 0 Å². The van der Waals surface area contributed by atoms with Gasteiger partial charge >= 0.3 is 6.18 Å². The number of quaternary nitrogens is 1. The SMILES string of the molecule is CCCCCCCCc1ccc(C#Cc2ccc(C[NH+](CC)Cc3ccc(C(F)(F)F)cc3)cc2)cc1. The second-order valence-corrected chi connectivity index (χ2v) is 9.81. The molecule has 3 aromatic carbocycles. The maximum Gasteiger partial charge on any atom is 0.416 e. The fraction of sp³-hybridized carbons (Fsp3) is 0.394. The van der Waals surface area contributed by atoms with Gasteiger partial charge in [0.2, 0.25) is 0 Å². The topological polar surface area (TPSA) is 4.44 Å². The van der Waals surface area contributed by atoms with E-state index in [1.54, 1.807) is 12.1 Å². The minimum Gasteiger partial charge on any atom is -0.328 e. The first-order valence-corrected chi connectivity index (χ1v) is 13.6. The number of rotatable bonds is 12. The number of aryl methyl sites for hydroxylation is 1. The quantitative estimate of drug-likeness (QED) is 0.190. The van der Waals surface area contributed by atoms with Gasteiger partial charge in [0.05, 0.1) is 12.1 Å². The Morgan fingerprint density at radius 3 is 1.54 bits per heavy atom. The van der Waals surface area contributed by atoms with Crippen LogP contribution < -0.4 is 4.90 Å². The lowest BCUT2D eigenvalue weighted by molar-refractivity contribution is -0.925. The molecule has 0 saturated heterocycles. The van der Waals surface area contributed by atoms with Crippen molar-refractivity contribution in [1.82, 2.24) is 0 Å². The lowest BCUT2D eigenvalue weighted by Gasteiger charge is -2.18. The van der Waals surface area contributed by atoms with Crippen LogP contribution in [0.1, 0.15) is 85.8 Å². The van der Waals surface area contributed by atoms with E-state index in [4.69, 9.17) is 0 Å². The minimum atomic E-state index is -4.29. The largest absolute Gasteiger partial charge is 0.416 e. The van der Waals surface area contributed by atoms with E-state index in [1.165, 1.54) is 66.7 Å². The number of nitrogens with one attached hydrogen (secondary N) is 1. The van der Waals surface area contributed by atoms with E-state index in [0.29, 0.717) is 6.54 Å². The molecule has 3 aromatic rings. The van der Waals surface area contributed by atoms with Crippen LogP contribution >= 0.6 is 0 Å². The highest BCUT2D eigenvalue weighted by molar-refractivity contribution is 5.44. The average molecular weight is 507 g/mol. The van der Waals surface area contributed by atoms with Gasteiger partial charge in [-0.1, -0.05) is 87.3 Å². The smallest absolute Gasteiger partial charge is 0.328 e. The molecule has 0 aliphatic heterocycles. The van der Waals surface area contributed by atoms with Gasteiger partial charge in [0.25, 0.3) is 0 Å². The second-order valence-electron chi connectivity index (χ2n) is 9.81. The molecule has 1 nitrogen and oxygen atoms in total. The fourth-order valence-electron chi connectivity index (χ4n) is 4.42. The predicted octanol–water partition coefficient (Wildman–Crippen LogP) is 7.61. The van der Waals surface area contributed by atoms with Gasteiger partial charge < -0.3 is 4.90 Å². The van der Waals surface area contributed by atoms with Gasteiger partial charge in [0.15, 0.2) is 0 Å². The molecule has 1 unspecified atom stereocenters. The molecule has 0 heterocycles. The molecule has 196 valence electrons. The average Bonchev–Trinajstić information content (AvgIpc) is 2.90. The van der Waals surface area contributed by atoms with Gasteiger partial charge in [-0.3, -0.25) is 0 Å². The molecule has 1 N–H and O–H groups in total. The van der Waals surface area contributed by atoms with Gasteiger partial charge in [-0.2, -0.15) is 13.2 Å². The fourth-order valence-corrected chi connectivity index (χ4v) is 4.42. The summed E-state index contributed by atoms with van der Waals surface area (Å²) >= 11 is 0. The van der Waals surface area contributed by atoms with Gasteiger partial charge in [0.1, 0.15) is 13.1 Å². The molecule has 1 atom stereocenters. The van der Waals surface area contributed by atoms with Crippen molar-refractivity contribution in [1.29, 1.82) is 0 Å². The Kier molecular flexibility index (Phi) is 11.3. The third-order valence-corrected chi connectivity index (χ3v) is 6.77. The monoisotopic (exact) mass is 506 g/mol. The molecule has 0 saturated carbocycles. The van der Waals surface area contributed by atoms with Crippen LogP contribution in [0.2, 0.25) is 0 Å². The number of halogens is 3. The molecule has 0 aliphatic rings. The van der Waals surface area contributed by atoms with Crippen LogP contribution in [0.3, 0.4) is 0 Å². The number of hydrogen-bond donors (Lipinski definition) is 1. The van der Waals surface area contributed by atoms with E-state index in [2.05, 4.69) is 62.1 Å². The summed E-state index contributed by atoms with van der Waals surface area (Å²) in [5, 5.41) is 0. The lowest BCUT2D eigenvalue weighted by Crippen LogP contribution is -3.09. The summed E-state index contributed by atoms with van der Waals surface area (Å²) in [5.74, 6) is 6.52. The predicted molar refractivity (Wildman–Crippen MR) is 146 cm³/mol. The van der Waals surface area contributed by atoms with Crippen molar-refractivity contribution in [3.8, 4) is 11.8 Å². The summed E-state index contributed by atoms with van der Waals surface area (Å²) in [7, 11) is 0. The van der Waals surface area contributed by atoms with Crippen molar-refractivity contribution in [3.05, 3.63) is 106 Å². The molecular weight excluding hydrogens is 467 g/mol. The zero-order valence-electron chi connectivity index (χ0n) is 22.1. The maximum atomic E-state index is 12.8. The number of benzene rings is 3. The van der Waals surface area contributed by atoms with Crippen LogP contribution in [0.4, 0.5) is 13.2 Å². The van der Waals surface area contributed by atoms with Crippen molar-refractivity contribution < 1.29 is 18.1 Å². The Morgan fingerprint density at radius 2 is 1.05 bits per heavy atom. The Bertz CT molecular complexity index is 1120. The molecule has 3 rings (SSSR count). The summed E-state index contributed by atoms with van der Waals surface area (Å²) < 4.78 is 38.4. The molecule has 4 heteroatoms. The second kappa shape index (κ2) is 14.6. The summed E-state index contributed by atoms with van der Waals surface area (Å²) in [4.78, 5) is 1.29. The number of hydrogen-bond acceptors (Lipinski definition) is 0. The first kappa shape index (κ1) is 28.5. The van der Waals surface area contributed by atoms with E-state index >= 15 is 0 Å². The van der Waals surface area contributed by atoms with E-state index in [9.17, 15) is 13.2 Å². The van der Waals surface area contributed by atoms with Crippen molar-refractivity contribution >= 4 is 0 Å². The highest BCUT2D eigenvalue weighted by atomic mass is 19.4. The molecule has 0 fully saturated rings. The van der Waals surface area contributed by atoms with E-state index in [1.807, 2.05) is 12.1 Å². The third kappa shape index (κ3) is 10.1. The van der Waals surface area contributed by atoms with Gasteiger partial charge in [-0.05, 0) is 61.7 Å². The van der Waals surface area contributed by atoms with Gasteiger partial charge in [-0.15, -0.1) is 0 Å². The molecule has 0 aliphatic carbocycles. The van der Waals surface area contributed by atoms with E-state index in [-0.39, 0.29) is 0 Å². The minimum absolute atomic E-state index is 0.602. The zero-order chi connectivity index (χ0) is 26.5. The van der Waals surface area contributed by atoms with Crippen molar-refractivity contribution in [2.24, 2.45) is 0 Å². The number of alkyl halides is 3. The molecule has 0 radical (unpaired) electrons. The first-order valence-electron chi connectivity index (χ1n) is 13.6. The van der Waals surface area contributed by atoms with Crippen LogP contribution in [0.15, 0.2) is 72.8 Å². The number of unbranched alkanes of at least 4 members (excludes halogenated alkanes) is 5. The summed E-state index contributed by atoms with van der Waals surface area (Å²) in [6.45, 7) is 6.73. The zero-order valence-corrected chi connectivity index (χ0v) is 22.1. The molecule has 0 amide bonds. The Labute approximate surface area is 220 Å². The van der Waals surface area contributed by atoms with Gasteiger partial charge in [-0.25, -0.2) is 0 Å². The highest BCUT2D eigenvalue weighted by Crippen LogP contribution is 2.29. The summed E-state index contributed by atoms with van der Waals surface area (Å²) in [6, 6.07) is 22.4. The van der Waals surface area contributed by atoms with Gasteiger partial charge in [0, 0.05) is 22.3 Å². The van der Waals surface area contributed by atoms with Crippen molar-refractivity contribution in [3.63, 3.8) is 0 Å². The van der Waals surface area contributed by atoms with Crippen LogP contribution in [-0.2, 0) is 25.7 Å².